The fraction of sp³-hybridized carbons (Fsp3) is 0.235. The molecule has 122 valence electrons. The number of fused-ring (bicyclic) bond motifs is 1. The van der Waals surface area contributed by atoms with E-state index in [1.165, 1.54) is 0 Å². The van der Waals surface area contributed by atoms with Crippen LogP contribution in [0.5, 0.6) is 0 Å². The summed E-state index contributed by atoms with van der Waals surface area (Å²) in [5.41, 5.74) is 2.73. The van der Waals surface area contributed by atoms with Crippen molar-refractivity contribution in [2.45, 2.75) is 0 Å². The van der Waals surface area contributed by atoms with Crippen LogP contribution in [0.3, 0.4) is 0 Å². The lowest BCUT2D eigenvalue weighted by Crippen LogP contribution is -2.36. The molecule has 4 rings (SSSR count). The average molecular weight is 323 g/mol. The fourth-order valence-corrected chi connectivity index (χ4v) is 2.76. The molecular weight excluding hydrogens is 306 g/mol. The van der Waals surface area contributed by atoms with Gasteiger partial charge in [-0.3, -0.25) is 9.78 Å². The van der Waals surface area contributed by atoms with Crippen LogP contribution in [0.15, 0.2) is 42.9 Å². The summed E-state index contributed by atoms with van der Waals surface area (Å²) in [6.45, 7) is 3.17. The standard InChI is InChI=1S/C17H17N5O2/c23-17-13(16-14(21-17)2-1-5-18-16)11-19-12-3-4-15(20-10-12)22-6-8-24-9-7-22/h1-5,10-11,19H,6-9H2,(H,21,23)/b13-11+. The van der Waals surface area contributed by atoms with E-state index in [9.17, 15) is 4.79 Å². The molecule has 0 aliphatic carbocycles. The zero-order chi connectivity index (χ0) is 16.4. The van der Waals surface area contributed by atoms with Gasteiger partial charge in [-0.2, -0.15) is 0 Å². The van der Waals surface area contributed by atoms with Crippen molar-refractivity contribution >= 4 is 28.7 Å². The molecule has 2 aliphatic rings. The Morgan fingerprint density at radius 2 is 2.08 bits per heavy atom. The highest BCUT2D eigenvalue weighted by atomic mass is 16.5. The molecule has 7 nitrogen and oxygen atoms in total. The highest BCUT2D eigenvalue weighted by Crippen LogP contribution is 2.29. The molecule has 1 fully saturated rings. The second kappa shape index (κ2) is 6.29. The van der Waals surface area contributed by atoms with E-state index in [4.69, 9.17) is 4.74 Å². The highest BCUT2D eigenvalue weighted by Gasteiger charge is 2.24. The molecule has 7 heteroatoms. The van der Waals surface area contributed by atoms with Crippen LogP contribution in [0.25, 0.3) is 5.57 Å². The Morgan fingerprint density at radius 3 is 2.88 bits per heavy atom. The maximum atomic E-state index is 12.0. The van der Waals surface area contributed by atoms with E-state index in [0.717, 1.165) is 43.5 Å². The van der Waals surface area contributed by atoms with Crippen molar-refractivity contribution in [1.29, 1.82) is 0 Å². The summed E-state index contributed by atoms with van der Waals surface area (Å²) in [6, 6.07) is 7.54. The summed E-state index contributed by atoms with van der Waals surface area (Å²) in [5, 5.41) is 5.91. The second-order valence-electron chi connectivity index (χ2n) is 5.56. The Bertz CT molecular complexity index is 782. The van der Waals surface area contributed by atoms with Gasteiger partial charge < -0.3 is 20.3 Å². The first kappa shape index (κ1) is 14.6. The molecule has 2 aliphatic heterocycles. The number of hydrogen-bond acceptors (Lipinski definition) is 6. The summed E-state index contributed by atoms with van der Waals surface area (Å²) in [6.07, 6.45) is 5.10. The topological polar surface area (TPSA) is 79.4 Å². The Morgan fingerprint density at radius 1 is 1.21 bits per heavy atom. The molecule has 1 saturated heterocycles. The maximum absolute atomic E-state index is 12.0. The number of anilines is 3. The van der Waals surface area contributed by atoms with Gasteiger partial charge in [-0.1, -0.05) is 0 Å². The Hall–Kier alpha value is -2.93. The summed E-state index contributed by atoms with van der Waals surface area (Å²) < 4.78 is 5.35. The van der Waals surface area contributed by atoms with Crippen molar-refractivity contribution in [3.8, 4) is 0 Å². The van der Waals surface area contributed by atoms with Crippen molar-refractivity contribution in [2.24, 2.45) is 0 Å². The molecule has 0 unspecified atom stereocenters. The number of aromatic nitrogens is 2. The maximum Gasteiger partial charge on any atom is 0.259 e. The van der Waals surface area contributed by atoms with Crippen LogP contribution in [0.4, 0.5) is 17.2 Å². The molecule has 0 aromatic carbocycles. The van der Waals surface area contributed by atoms with Gasteiger partial charge in [0.05, 0.1) is 36.4 Å². The van der Waals surface area contributed by atoms with Crippen molar-refractivity contribution in [2.75, 3.05) is 41.8 Å². The van der Waals surface area contributed by atoms with E-state index in [1.54, 1.807) is 24.7 Å². The number of hydrogen-bond donors (Lipinski definition) is 2. The van der Waals surface area contributed by atoms with E-state index >= 15 is 0 Å². The first-order valence-corrected chi connectivity index (χ1v) is 7.83. The van der Waals surface area contributed by atoms with Crippen molar-refractivity contribution < 1.29 is 9.53 Å². The van der Waals surface area contributed by atoms with Crippen molar-refractivity contribution in [3.63, 3.8) is 0 Å². The molecular formula is C17H17N5O2. The summed E-state index contributed by atoms with van der Waals surface area (Å²) in [5.74, 6) is 0.774. The molecule has 24 heavy (non-hydrogen) atoms. The molecule has 0 spiro atoms. The molecule has 0 radical (unpaired) electrons. The van der Waals surface area contributed by atoms with E-state index < -0.39 is 0 Å². The quantitative estimate of drug-likeness (QED) is 0.837. The largest absolute Gasteiger partial charge is 0.378 e. The van der Waals surface area contributed by atoms with Gasteiger partial charge in [-0.25, -0.2) is 4.98 Å². The van der Waals surface area contributed by atoms with Gasteiger partial charge >= 0.3 is 0 Å². The van der Waals surface area contributed by atoms with E-state index in [-0.39, 0.29) is 5.91 Å². The van der Waals surface area contributed by atoms with Gasteiger partial charge in [0.1, 0.15) is 11.5 Å². The smallest absolute Gasteiger partial charge is 0.259 e. The monoisotopic (exact) mass is 323 g/mol. The van der Waals surface area contributed by atoms with Gasteiger partial charge in [0, 0.05) is 25.5 Å². The predicted molar refractivity (Wildman–Crippen MR) is 91.7 cm³/mol. The SMILES string of the molecule is O=C1Nc2cccnc2/C1=C\Nc1ccc(N2CCOCC2)nc1. The number of morpholine rings is 1. The van der Waals surface area contributed by atoms with E-state index in [2.05, 4.69) is 25.5 Å². The number of carbonyl (C=O) groups is 1. The van der Waals surface area contributed by atoms with Gasteiger partial charge in [0.2, 0.25) is 0 Å². The van der Waals surface area contributed by atoms with Gasteiger partial charge in [0.15, 0.2) is 0 Å². The number of carbonyl (C=O) groups excluding carboxylic acids is 1. The molecule has 0 atom stereocenters. The molecule has 1 amide bonds. The number of ether oxygens (including phenoxy) is 1. The predicted octanol–water partition coefficient (Wildman–Crippen LogP) is 1.72. The summed E-state index contributed by atoms with van der Waals surface area (Å²) >= 11 is 0. The third-order valence-corrected chi connectivity index (χ3v) is 4.02. The van der Waals surface area contributed by atoms with Gasteiger partial charge in [-0.05, 0) is 24.3 Å². The third kappa shape index (κ3) is 2.81. The lowest BCUT2D eigenvalue weighted by atomic mass is 10.2. The Labute approximate surface area is 139 Å². The first-order valence-electron chi connectivity index (χ1n) is 7.83. The van der Waals surface area contributed by atoms with Crippen LogP contribution in [-0.2, 0) is 9.53 Å². The molecule has 0 bridgehead atoms. The van der Waals surface area contributed by atoms with Crippen molar-refractivity contribution in [1.82, 2.24) is 9.97 Å². The lowest BCUT2D eigenvalue weighted by Gasteiger charge is -2.27. The van der Waals surface area contributed by atoms with Crippen LogP contribution in [0.2, 0.25) is 0 Å². The van der Waals surface area contributed by atoms with Crippen LogP contribution in [0, 0.1) is 0 Å². The highest BCUT2D eigenvalue weighted by molar-refractivity contribution is 6.31. The molecule has 4 heterocycles. The zero-order valence-corrected chi connectivity index (χ0v) is 13.0. The van der Waals surface area contributed by atoms with E-state index in [1.807, 2.05) is 18.2 Å². The average Bonchev–Trinajstić information content (AvgIpc) is 2.96. The van der Waals surface area contributed by atoms with Crippen LogP contribution < -0.4 is 15.5 Å². The second-order valence-corrected chi connectivity index (χ2v) is 5.56. The minimum absolute atomic E-state index is 0.158. The number of nitrogens with zero attached hydrogens (tertiary/aromatic N) is 3. The minimum Gasteiger partial charge on any atom is -0.378 e. The van der Waals surface area contributed by atoms with Gasteiger partial charge in [0.25, 0.3) is 5.91 Å². The number of rotatable bonds is 3. The number of nitrogens with one attached hydrogen (secondary N) is 2. The zero-order valence-electron chi connectivity index (χ0n) is 13.0. The lowest BCUT2D eigenvalue weighted by molar-refractivity contribution is -0.110. The van der Waals surface area contributed by atoms with Crippen LogP contribution >= 0.6 is 0 Å². The summed E-state index contributed by atoms with van der Waals surface area (Å²) in [4.78, 5) is 22.9. The number of pyridine rings is 2. The van der Waals surface area contributed by atoms with Crippen LogP contribution in [0.1, 0.15) is 5.69 Å². The van der Waals surface area contributed by atoms with Gasteiger partial charge in [-0.15, -0.1) is 0 Å². The third-order valence-electron chi connectivity index (χ3n) is 4.02. The fourth-order valence-electron chi connectivity index (χ4n) is 2.76. The minimum atomic E-state index is -0.158. The number of amides is 1. The molecule has 2 N–H and O–H groups in total. The summed E-state index contributed by atoms with van der Waals surface area (Å²) in [7, 11) is 0. The normalized spacial score (nSPS) is 18.4. The first-order chi connectivity index (χ1) is 11.8. The molecule has 0 saturated carbocycles. The molecule has 2 aromatic rings. The van der Waals surface area contributed by atoms with Crippen LogP contribution in [-0.4, -0.2) is 42.2 Å². The molecule has 2 aromatic heterocycles. The Balaban J connectivity index is 1.49. The van der Waals surface area contributed by atoms with Crippen molar-refractivity contribution in [3.05, 3.63) is 48.6 Å². The Kier molecular flexibility index (Phi) is 3.84. The van der Waals surface area contributed by atoms with E-state index in [0.29, 0.717) is 11.3 Å².